The molecule has 1 aliphatic heterocycles. The third-order valence-corrected chi connectivity index (χ3v) is 3.97. The summed E-state index contributed by atoms with van der Waals surface area (Å²) in [7, 11) is 0. The smallest absolute Gasteiger partial charge is 0.239 e. The minimum Gasteiger partial charge on any atom is -0.341 e. The monoisotopic (exact) mass is 230 g/mol. The van der Waals surface area contributed by atoms with Crippen LogP contribution in [0.15, 0.2) is 24.3 Å². The van der Waals surface area contributed by atoms with Crippen LogP contribution in [0, 0.1) is 0 Å². The van der Waals surface area contributed by atoms with Gasteiger partial charge in [0.15, 0.2) is 0 Å². The Bertz CT molecular complexity index is 444. The van der Waals surface area contributed by atoms with E-state index < -0.39 is 0 Å². The Labute approximate surface area is 102 Å². The minimum absolute atomic E-state index is 0.139. The molecule has 0 radical (unpaired) electrons. The topological polar surface area (TPSA) is 46.3 Å². The quantitative estimate of drug-likeness (QED) is 0.831. The number of nitrogens with two attached hydrogens (primary N) is 1. The van der Waals surface area contributed by atoms with Crippen molar-refractivity contribution < 1.29 is 4.79 Å². The van der Waals surface area contributed by atoms with Crippen LogP contribution in [0.3, 0.4) is 0 Å². The number of amides is 1. The van der Waals surface area contributed by atoms with Gasteiger partial charge in [-0.1, -0.05) is 24.3 Å². The molecule has 1 fully saturated rings. The molecule has 1 heterocycles. The van der Waals surface area contributed by atoms with Crippen LogP contribution in [0.25, 0.3) is 0 Å². The minimum atomic E-state index is -0.265. The number of rotatable bonds is 2. The van der Waals surface area contributed by atoms with Gasteiger partial charge in [0.25, 0.3) is 0 Å². The normalized spacial score (nSPS) is 27.6. The Balaban J connectivity index is 1.68. The highest BCUT2D eigenvalue weighted by Crippen LogP contribution is 2.35. The van der Waals surface area contributed by atoms with E-state index in [0.717, 1.165) is 32.4 Å². The van der Waals surface area contributed by atoms with Gasteiger partial charge < -0.3 is 10.6 Å². The second-order valence-corrected chi connectivity index (χ2v) is 5.13. The van der Waals surface area contributed by atoms with Crippen LogP contribution in [0.5, 0.6) is 0 Å². The summed E-state index contributed by atoms with van der Waals surface area (Å²) in [5.41, 5.74) is 8.66. The molecule has 3 nitrogen and oxygen atoms in total. The van der Waals surface area contributed by atoms with Gasteiger partial charge >= 0.3 is 0 Å². The van der Waals surface area contributed by atoms with Gasteiger partial charge in [-0.3, -0.25) is 4.79 Å². The molecule has 1 aromatic carbocycles. The summed E-state index contributed by atoms with van der Waals surface area (Å²) < 4.78 is 0. The Morgan fingerprint density at radius 3 is 3.00 bits per heavy atom. The predicted molar refractivity (Wildman–Crippen MR) is 66.7 cm³/mol. The first-order chi connectivity index (χ1) is 8.25. The van der Waals surface area contributed by atoms with Crippen molar-refractivity contribution in [3.05, 3.63) is 35.4 Å². The van der Waals surface area contributed by atoms with E-state index >= 15 is 0 Å². The molecule has 2 N–H and O–H groups in total. The Hall–Kier alpha value is -1.35. The molecular formula is C14H18N2O. The van der Waals surface area contributed by atoms with Crippen LogP contribution in [0.4, 0.5) is 0 Å². The highest BCUT2D eigenvalue weighted by molar-refractivity contribution is 5.82. The summed E-state index contributed by atoms with van der Waals surface area (Å²) in [6.45, 7) is 1.73. The number of benzene rings is 1. The van der Waals surface area contributed by atoms with E-state index in [-0.39, 0.29) is 11.9 Å². The Morgan fingerprint density at radius 1 is 1.35 bits per heavy atom. The maximum atomic E-state index is 11.9. The molecule has 3 heteroatoms. The first kappa shape index (κ1) is 10.8. The summed E-state index contributed by atoms with van der Waals surface area (Å²) in [6.07, 6.45) is 2.99. The van der Waals surface area contributed by atoms with Crippen molar-refractivity contribution in [2.24, 2.45) is 5.73 Å². The van der Waals surface area contributed by atoms with E-state index in [2.05, 4.69) is 24.3 Å². The number of nitrogens with zero attached hydrogens (tertiary/aromatic N) is 1. The third-order valence-electron chi connectivity index (χ3n) is 3.97. The van der Waals surface area contributed by atoms with E-state index in [1.165, 1.54) is 11.1 Å². The SMILES string of the molecule is NC1CCCN(CC2Cc3ccccc32)C1=O. The maximum absolute atomic E-state index is 11.9. The van der Waals surface area contributed by atoms with Crippen LogP contribution < -0.4 is 5.73 Å². The molecule has 90 valence electrons. The molecule has 2 atom stereocenters. The molecule has 17 heavy (non-hydrogen) atoms. The second-order valence-electron chi connectivity index (χ2n) is 5.13. The van der Waals surface area contributed by atoms with Crippen LogP contribution in [-0.2, 0) is 11.2 Å². The van der Waals surface area contributed by atoms with Crippen LogP contribution in [0.2, 0.25) is 0 Å². The standard InChI is InChI=1S/C14H18N2O/c15-13-6-3-7-16(14(13)17)9-11-8-10-4-1-2-5-12(10)11/h1-2,4-5,11,13H,3,6-9,15H2. The lowest BCUT2D eigenvalue weighted by Gasteiger charge is -2.37. The summed E-state index contributed by atoms with van der Waals surface area (Å²) in [6, 6.07) is 8.25. The highest BCUT2D eigenvalue weighted by atomic mass is 16.2. The summed E-state index contributed by atoms with van der Waals surface area (Å²) in [4.78, 5) is 13.9. The van der Waals surface area contributed by atoms with Gasteiger partial charge in [-0.25, -0.2) is 0 Å². The molecule has 3 rings (SSSR count). The molecule has 0 bridgehead atoms. The van der Waals surface area contributed by atoms with Crippen molar-refractivity contribution in [1.29, 1.82) is 0 Å². The van der Waals surface area contributed by atoms with Crippen LogP contribution >= 0.6 is 0 Å². The lowest BCUT2D eigenvalue weighted by atomic mass is 9.77. The van der Waals surface area contributed by atoms with Crippen molar-refractivity contribution in [2.45, 2.75) is 31.2 Å². The number of hydrogen-bond donors (Lipinski definition) is 1. The first-order valence-electron chi connectivity index (χ1n) is 6.38. The fraction of sp³-hybridized carbons (Fsp3) is 0.500. The number of hydrogen-bond acceptors (Lipinski definition) is 2. The van der Waals surface area contributed by atoms with Gasteiger partial charge in [-0.05, 0) is 30.4 Å². The third kappa shape index (κ3) is 1.84. The first-order valence-corrected chi connectivity index (χ1v) is 6.38. The van der Waals surface area contributed by atoms with Crippen molar-refractivity contribution in [3.8, 4) is 0 Å². The fourth-order valence-corrected chi connectivity index (χ4v) is 2.94. The largest absolute Gasteiger partial charge is 0.341 e. The van der Waals surface area contributed by atoms with Crippen molar-refractivity contribution in [1.82, 2.24) is 4.90 Å². The summed E-state index contributed by atoms with van der Waals surface area (Å²) in [5.74, 6) is 0.668. The molecular weight excluding hydrogens is 212 g/mol. The van der Waals surface area contributed by atoms with E-state index in [0.29, 0.717) is 5.92 Å². The Kier molecular flexibility index (Phi) is 2.63. The zero-order valence-corrected chi connectivity index (χ0v) is 9.93. The molecule has 0 aromatic heterocycles. The van der Waals surface area contributed by atoms with E-state index in [9.17, 15) is 4.79 Å². The fourth-order valence-electron chi connectivity index (χ4n) is 2.94. The van der Waals surface area contributed by atoms with Crippen molar-refractivity contribution in [2.75, 3.05) is 13.1 Å². The van der Waals surface area contributed by atoms with Gasteiger partial charge in [-0.15, -0.1) is 0 Å². The van der Waals surface area contributed by atoms with Gasteiger partial charge in [0.2, 0.25) is 5.91 Å². The predicted octanol–water partition coefficient (Wildman–Crippen LogP) is 1.28. The maximum Gasteiger partial charge on any atom is 0.239 e. The van der Waals surface area contributed by atoms with Gasteiger partial charge in [-0.2, -0.15) is 0 Å². The van der Waals surface area contributed by atoms with Gasteiger partial charge in [0, 0.05) is 19.0 Å². The molecule has 1 aromatic rings. The number of fused-ring (bicyclic) bond motifs is 1. The number of piperidine rings is 1. The van der Waals surface area contributed by atoms with Gasteiger partial charge in [0.05, 0.1) is 6.04 Å². The van der Waals surface area contributed by atoms with E-state index in [1.54, 1.807) is 0 Å². The average Bonchev–Trinajstić information content (AvgIpc) is 2.31. The molecule has 1 aliphatic carbocycles. The van der Waals surface area contributed by atoms with E-state index in [4.69, 9.17) is 5.73 Å². The van der Waals surface area contributed by atoms with Gasteiger partial charge in [0.1, 0.15) is 0 Å². The average molecular weight is 230 g/mol. The van der Waals surface area contributed by atoms with Crippen molar-refractivity contribution >= 4 is 5.91 Å². The lowest BCUT2D eigenvalue weighted by Crippen LogP contribution is -2.50. The molecule has 1 saturated heterocycles. The highest BCUT2D eigenvalue weighted by Gasteiger charge is 2.32. The molecule has 1 amide bonds. The van der Waals surface area contributed by atoms with Crippen LogP contribution in [0.1, 0.15) is 29.9 Å². The number of carbonyl (C=O) groups excluding carboxylic acids is 1. The molecule has 2 aliphatic rings. The molecule has 2 unspecified atom stereocenters. The van der Waals surface area contributed by atoms with Crippen LogP contribution in [-0.4, -0.2) is 29.9 Å². The Morgan fingerprint density at radius 2 is 2.18 bits per heavy atom. The molecule has 0 saturated carbocycles. The number of carbonyl (C=O) groups is 1. The molecule has 0 spiro atoms. The summed E-state index contributed by atoms with van der Waals surface area (Å²) in [5, 5.41) is 0. The number of likely N-dealkylation sites (tertiary alicyclic amines) is 1. The van der Waals surface area contributed by atoms with Crippen molar-refractivity contribution in [3.63, 3.8) is 0 Å². The van der Waals surface area contributed by atoms with E-state index in [1.807, 2.05) is 4.90 Å². The zero-order valence-electron chi connectivity index (χ0n) is 9.93. The summed E-state index contributed by atoms with van der Waals surface area (Å²) >= 11 is 0. The zero-order chi connectivity index (χ0) is 11.8. The lowest BCUT2D eigenvalue weighted by molar-refractivity contribution is -0.135. The second kappa shape index (κ2) is 4.15.